The summed E-state index contributed by atoms with van der Waals surface area (Å²) in [6, 6.07) is 5.93. The number of carbonyl (C=O) groups is 1. The number of hydrogen-bond acceptors (Lipinski definition) is 1. The number of hydrogen-bond donors (Lipinski definition) is 1. The molecule has 1 rings (SSSR count). The van der Waals surface area contributed by atoms with Crippen molar-refractivity contribution in [3.05, 3.63) is 33.8 Å². The SMILES string of the molecule is CNC(=O)Cc1ccc(Br)cc1C. The van der Waals surface area contributed by atoms with Crippen LogP contribution in [0.4, 0.5) is 0 Å². The highest BCUT2D eigenvalue weighted by atomic mass is 79.9. The first-order chi connectivity index (χ1) is 6.13. The van der Waals surface area contributed by atoms with E-state index >= 15 is 0 Å². The van der Waals surface area contributed by atoms with Crippen molar-refractivity contribution in [3.8, 4) is 0 Å². The maximum atomic E-state index is 11.1. The molecule has 0 heterocycles. The van der Waals surface area contributed by atoms with Crippen molar-refractivity contribution in [2.24, 2.45) is 0 Å². The summed E-state index contributed by atoms with van der Waals surface area (Å²) < 4.78 is 1.05. The van der Waals surface area contributed by atoms with Crippen LogP contribution in [0.25, 0.3) is 0 Å². The smallest absolute Gasteiger partial charge is 0.224 e. The van der Waals surface area contributed by atoms with Crippen molar-refractivity contribution in [2.75, 3.05) is 7.05 Å². The molecule has 2 nitrogen and oxygen atoms in total. The van der Waals surface area contributed by atoms with Crippen LogP contribution in [0.15, 0.2) is 22.7 Å². The minimum Gasteiger partial charge on any atom is -0.359 e. The van der Waals surface area contributed by atoms with Crippen LogP contribution < -0.4 is 5.32 Å². The van der Waals surface area contributed by atoms with Crippen molar-refractivity contribution in [2.45, 2.75) is 13.3 Å². The predicted molar refractivity (Wildman–Crippen MR) is 56.6 cm³/mol. The van der Waals surface area contributed by atoms with E-state index in [1.54, 1.807) is 7.05 Å². The molecule has 3 heteroatoms. The standard InChI is InChI=1S/C10H12BrNO/c1-7-5-9(11)4-3-8(7)6-10(13)12-2/h3-5H,6H2,1-2H3,(H,12,13). The highest BCUT2D eigenvalue weighted by Crippen LogP contribution is 2.16. The minimum absolute atomic E-state index is 0.0467. The monoisotopic (exact) mass is 241 g/mol. The maximum Gasteiger partial charge on any atom is 0.224 e. The summed E-state index contributed by atoms with van der Waals surface area (Å²) in [6.07, 6.45) is 0.454. The summed E-state index contributed by atoms with van der Waals surface area (Å²) in [5.41, 5.74) is 2.21. The van der Waals surface area contributed by atoms with Crippen LogP contribution in [0, 0.1) is 6.92 Å². The lowest BCUT2D eigenvalue weighted by molar-refractivity contribution is -0.119. The van der Waals surface area contributed by atoms with E-state index in [2.05, 4.69) is 21.2 Å². The number of rotatable bonds is 2. The Morgan fingerprint density at radius 2 is 2.23 bits per heavy atom. The average Bonchev–Trinajstić information content (AvgIpc) is 2.09. The molecule has 1 amide bonds. The van der Waals surface area contributed by atoms with Crippen LogP contribution in [0.1, 0.15) is 11.1 Å². The molecular weight excluding hydrogens is 230 g/mol. The summed E-state index contributed by atoms with van der Waals surface area (Å²) in [6.45, 7) is 2.00. The molecular formula is C10H12BrNO. The first-order valence-corrected chi connectivity index (χ1v) is 4.88. The van der Waals surface area contributed by atoms with Gasteiger partial charge in [0.25, 0.3) is 0 Å². The lowest BCUT2D eigenvalue weighted by Crippen LogP contribution is -2.20. The topological polar surface area (TPSA) is 29.1 Å². The van der Waals surface area contributed by atoms with Crippen LogP contribution >= 0.6 is 15.9 Å². The van der Waals surface area contributed by atoms with Gasteiger partial charge in [0, 0.05) is 11.5 Å². The second-order valence-electron chi connectivity index (χ2n) is 2.92. The van der Waals surface area contributed by atoms with Crippen LogP contribution in [0.3, 0.4) is 0 Å². The number of benzene rings is 1. The van der Waals surface area contributed by atoms with E-state index in [1.807, 2.05) is 25.1 Å². The fraction of sp³-hybridized carbons (Fsp3) is 0.300. The quantitative estimate of drug-likeness (QED) is 0.844. The molecule has 0 aliphatic carbocycles. The molecule has 0 atom stereocenters. The van der Waals surface area contributed by atoms with Crippen molar-refractivity contribution in [1.82, 2.24) is 5.32 Å². The molecule has 0 saturated carbocycles. The highest BCUT2D eigenvalue weighted by Gasteiger charge is 2.03. The van der Waals surface area contributed by atoms with Crippen molar-refractivity contribution in [3.63, 3.8) is 0 Å². The summed E-state index contributed by atoms with van der Waals surface area (Å²) in [5.74, 6) is 0.0467. The van der Waals surface area contributed by atoms with E-state index < -0.39 is 0 Å². The van der Waals surface area contributed by atoms with E-state index in [9.17, 15) is 4.79 Å². The molecule has 0 fully saturated rings. The molecule has 0 bridgehead atoms. The van der Waals surface area contributed by atoms with Gasteiger partial charge < -0.3 is 5.32 Å². The van der Waals surface area contributed by atoms with Gasteiger partial charge in [0.15, 0.2) is 0 Å². The number of aryl methyl sites for hydroxylation is 1. The largest absolute Gasteiger partial charge is 0.359 e. The normalized spacial score (nSPS) is 9.77. The Bertz CT molecular complexity index is 323. The van der Waals surface area contributed by atoms with Crippen LogP contribution in [-0.4, -0.2) is 13.0 Å². The van der Waals surface area contributed by atoms with Gasteiger partial charge in [-0.3, -0.25) is 4.79 Å². The van der Waals surface area contributed by atoms with Gasteiger partial charge in [-0.25, -0.2) is 0 Å². The molecule has 1 aromatic rings. The van der Waals surface area contributed by atoms with Gasteiger partial charge in [-0.05, 0) is 30.2 Å². The van der Waals surface area contributed by atoms with Crippen LogP contribution in [0.2, 0.25) is 0 Å². The molecule has 0 aliphatic rings. The first kappa shape index (κ1) is 10.3. The van der Waals surface area contributed by atoms with Gasteiger partial charge in [0.05, 0.1) is 6.42 Å². The Kier molecular flexibility index (Phi) is 3.48. The van der Waals surface area contributed by atoms with Crippen molar-refractivity contribution >= 4 is 21.8 Å². The first-order valence-electron chi connectivity index (χ1n) is 4.09. The molecule has 0 unspecified atom stereocenters. The molecule has 0 radical (unpaired) electrons. The highest BCUT2D eigenvalue weighted by molar-refractivity contribution is 9.10. The van der Waals surface area contributed by atoms with Crippen molar-refractivity contribution in [1.29, 1.82) is 0 Å². The molecule has 0 aromatic heterocycles. The van der Waals surface area contributed by atoms with Gasteiger partial charge in [-0.15, -0.1) is 0 Å². The molecule has 70 valence electrons. The molecule has 1 aromatic carbocycles. The molecule has 0 aliphatic heterocycles. The Balaban J connectivity index is 2.83. The Hall–Kier alpha value is -0.830. The van der Waals surface area contributed by atoms with E-state index in [-0.39, 0.29) is 5.91 Å². The van der Waals surface area contributed by atoms with Gasteiger partial charge in [0.1, 0.15) is 0 Å². The summed E-state index contributed by atoms with van der Waals surface area (Å²) in [4.78, 5) is 11.1. The number of amides is 1. The third-order valence-corrected chi connectivity index (χ3v) is 2.43. The second kappa shape index (κ2) is 4.42. The maximum absolute atomic E-state index is 11.1. The zero-order chi connectivity index (χ0) is 9.84. The van der Waals surface area contributed by atoms with Gasteiger partial charge in [-0.2, -0.15) is 0 Å². The lowest BCUT2D eigenvalue weighted by Gasteiger charge is -2.04. The van der Waals surface area contributed by atoms with E-state index in [1.165, 1.54) is 0 Å². The second-order valence-corrected chi connectivity index (χ2v) is 3.84. The third kappa shape index (κ3) is 2.84. The summed E-state index contributed by atoms with van der Waals surface area (Å²) >= 11 is 3.38. The van der Waals surface area contributed by atoms with Crippen molar-refractivity contribution < 1.29 is 4.79 Å². The number of nitrogens with one attached hydrogen (secondary N) is 1. The zero-order valence-corrected chi connectivity index (χ0v) is 9.31. The number of halogens is 1. The minimum atomic E-state index is 0.0467. The van der Waals surface area contributed by atoms with Gasteiger partial charge in [0.2, 0.25) is 5.91 Å². The average molecular weight is 242 g/mol. The number of likely N-dealkylation sites (N-methyl/N-ethyl adjacent to an activating group) is 1. The zero-order valence-electron chi connectivity index (χ0n) is 7.73. The van der Waals surface area contributed by atoms with E-state index in [4.69, 9.17) is 0 Å². The lowest BCUT2D eigenvalue weighted by atomic mass is 10.1. The fourth-order valence-corrected chi connectivity index (χ4v) is 1.59. The van der Waals surface area contributed by atoms with Crippen LogP contribution in [0.5, 0.6) is 0 Å². The fourth-order valence-electron chi connectivity index (χ4n) is 1.12. The molecule has 1 N–H and O–H groups in total. The summed E-state index contributed by atoms with van der Waals surface area (Å²) in [7, 11) is 1.65. The molecule has 13 heavy (non-hydrogen) atoms. The Morgan fingerprint density at radius 1 is 1.54 bits per heavy atom. The van der Waals surface area contributed by atoms with Gasteiger partial charge in [-0.1, -0.05) is 22.0 Å². The molecule has 0 saturated heterocycles. The van der Waals surface area contributed by atoms with Crippen LogP contribution in [-0.2, 0) is 11.2 Å². The predicted octanol–water partition coefficient (Wildman–Crippen LogP) is 2.05. The Labute approximate surface area is 86.5 Å². The Morgan fingerprint density at radius 3 is 2.77 bits per heavy atom. The van der Waals surface area contributed by atoms with E-state index in [0.717, 1.165) is 15.6 Å². The van der Waals surface area contributed by atoms with E-state index in [0.29, 0.717) is 6.42 Å². The molecule has 0 spiro atoms. The number of carbonyl (C=O) groups excluding carboxylic acids is 1. The summed E-state index contributed by atoms with van der Waals surface area (Å²) in [5, 5.41) is 2.60. The van der Waals surface area contributed by atoms with Gasteiger partial charge >= 0.3 is 0 Å². The third-order valence-electron chi connectivity index (χ3n) is 1.93.